The second kappa shape index (κ2) is 7.89. The molecule has 0 radical (unpaired) electrons. The maximum atomic E-state index is 10.5. The molecule has 6 nitrogen and oxygen atoms in total. The maximum Gasteiger partial charge on any atom is 0.0711 e. The fourth-order valence-corrected chi connectivity index (χ4v) is 3.97. The van der Waals surface area contributed by atoms with Crippen LogP contribution in [-0.4, -0.2) is 49.2 Å². The molecule has 148 valence electrons. The molecule has 0 bridgehead atoms. The first kappa shape index (κ1) is 18.9. The molecule has 6 heteroatoms. The summed E-state index contributed by atoms with van der Waals surface area (Å²) in [6.45, 7) is 8.78. The molecule has 4 rings (SSSR count). The average Bonchev–Trinajstić information content (AvgIpc) is 3.37. The van der Waals surface area contributed by atoms with Crippen LogP contribution in [0.2, 0.25) is 0 Å². The van der Waals surface area contributed by atoms with Crippen molar-refractivity contribution in [1.29, 1.82) is 0 Å². The van der Waals surface area contributed by atoms with Crippen molar-refractivity contribution < 1.29 is 5.11 Å². The van der Waals surface area contributed by atoms with Gasteiger partial charge in [0.1, 0.15) is 0 Å². The van der Waals surface area contributed by atoms with E-state index in [1.807, 2.05) is 17.8 Å². The van der Waals surface area contributed by atoms with Crippen molar-refractivity contribution in [2.75, 3.05) is 13.1 Å². The number of H-pyrrole nitrogens is 1. The number of benzene rings is 1. The first-order valence-corrected chi connectivity index (χ1v) is 10.0. The largest absolute Gasteiger partial charge is 0.391 e. The Balaban J connectivity index is 1.37. The lowest BCUT2D eigenvalue weighted by atomic mass is 10.0. The van der Waals surface area contributed by atoms with Gasteiger partial charge in [0.05, 0.1) is 23.7 Å². The molecule has 0 spiro atoms. The molecule has 1 aliphatic rings. The van der Waals surface area contributed by atoms with Gasteiger partial charge in [-0.25, -0.2) is 4.68 Å². The molecule has 1 fully saturated rings. The molecule has 2 unspecified atom stereocenters. The lowest BCUT2D eigenvalue weighted by Gasteiger charge is -2.14. The highest BCUT2D eigenvalue weighted by Gasteiger charge is 2.31. The molecule has 0 amide bonds. The van der Waals surface area contributed by atoms with Gasteiger partial charge in [0, 0.05) is 43.0 Å². The highest BCUT2D eigenvalue weighted by molar-refractivity contribution is 5.35. The number of hydrogen-bond acceptors (Lipinski definition) is 4. The second-order valence-corrected chi connectivity index (χ2v) is 8.31. The van der Waals surface area contributed by atoms with Gasteiger partial charge in [0.2, 0.25) is 0 Å². The summed E-state index contributed by atoms with van der Waals surface area (Å²) in [6.07, 6.45) is 4.51. The summed E-state index contributed by atoms with van der Waals surface area (Å²) in [7, 11) is 0. The van der Waals surface area contributed by atoms with Gasteiger partial charge >= 0.3 is 0 Å². The SMILES string of the molecule is Cc1cc(CC2CN(Cc3cnn(-c4ccc(C(C)C)cc4)c3)CC2O)n[nH]1. The fraction of sp³-hybridized carbons (Fsp3) is 0.455. The topological polar surface area (TPSA) is 70.0 Å². The molecule has 3 aromatic rings. The van der Waals surface area contributed by atoms with E-state index in [2.05, 4.69) is 70.6 Å². The quantitative estimate of drug-likeness (QED) is 0.691. The molecule has 0 saturated carbocycles. The number of aromatic nitrogens is 4. The Kier molecular flexibility index (Phi) is 5.33. The minimum atomic E-state index is -0.310. The van der Waals surface area contributed by atoms with Crippen LogP contribution in [0.15, 0.2) is 42.7 Å². The Morgan fingerprint density at radius 3 is 2.68 bits per heavy atom. The molecule has 3 heterocycles. The molecule has 2 atom stereocenters. The normalized spacial score (nSPS) is 20.3. The number of aliphatic hydroxyl groups is 1. The molecule has 2 N–H and O–H groups in total. The molecular weight excluding hydrogens is 350 g/mol. The van der Waals surface area contributed by atoms with Crippen molar-refractivity contribution in [2.45, 2.75) is 45.8 Å². The van der Waals surface area contributed by atoms with Gasteiger partial charge < -0.3 is 5.11 Å². The summed E-state index contributed by atoms with van der Waals surface area (Å²) in [5.74, 6) is 0.753. The van der Waals surface area contributed by atoms with Crippen molar-refractivity contribution in [3.63, 3.8) is 0 Å². The van der Waals surface area contributed by atoms with E-state index < -0.39 is 0 Å². The molecule has 1 saturated heterocycles. The van der Waals surface area contributed by atoms with E-state index in [0.717, 1.165) is 42.1 Å². The third kappa shape index (κ3) is 4.18. The highest BCUT2D eigenvalue weighted by Crippen LogP contribution is 2.23. The van der Waals surface area contributed by atoms with Crippen molar-refractivity contribution in [3.8, 4) is 5.69 Å². The number of β-amino-alcohol motifs (C(OH)–C–C–N with tert-alkyl or cyclic N) is 1. The lowest BCUT2D eigenvalue weighted by Crippen LogP contribution is -2.21. The monoisotopic (exact) mass is 379 g/mol. The van der Waals surface area contributed by atoms with Crippen LogP contribution >= 0.6 is 0 Å². The standard InChI is InChI=1S/C22H29N5O/c1-15(2)18-4-6-21(7-5-18)27-12-17(10-23-27)11-26-13-19(22(28)14-26)9-20-8-16(3)24-25-20/h4-8,10,12,15,19,22,28H,9,11,13-14H2,1-3H3,(H,24,25). The van der Waals surface area contributed by atoms with Gasteiger partial charge in [0.15, 0.2) is 0 Å². The number of aliphatic hydroxyl groups excluding tert-OH is 1. The minimum Gasteiger partial charge on any atom is -0.391 e. The predicted octanol–water partition coefficient (Wildman–Crippen LogP) is 3.06. The minimum absolute atomic E-state index is 0.223. The van der Waals surface area contributed by atoms with E-state index in [9.17, 15) is 5.11 Å². The third-order valence-electron chi connectivity index (χ3n) is 5.58. The summed E-state index contributed by atoms with van der Waals surface area (Å²) < 4.78 is 1.93. The summed E-state index contributed by atoms with van der Waals surface area (Å²) >= 11 is 0. The molecule has 0 aliphatic carbocycles. The fourth-order valence-electron chi connectivity index (χ4n) is 3.97. The van der Waals surface area contributed by atoms with Crippen LogP contribution in [0.3, 0.4) is 0 Å². The van der Waals surface area contributed by atoms with Crippen molar-refractivity contribution >= 4 is 0 Å². The number of nitrogens with one attached hydrogen (secondary N) is 1. The van der Waals surface area contributed by atoms with Crippen LogP contribution in [0, 0.1) is 12.8 Å². The second-order valence-electron chi connectivity index (χ2n) is 8.31. The Hall–Kier alpha value is -2.44. The number of rotatable bonds is 6. The zero-order valence-electron chi connectivity index (χ0n) is 16.8. The number of nitrogens with zero attached hydrogens (tertiary/aromatic N) is 4. The molecule has 1 aliphatic heterocycles. The smallest absolute Gasteiger partial charge is 0.0711 e. The van der Waals surface area contributed by atoms with Crippen LogP contribution in [0.5, 0.6) is 0 Å². The van der Waals surface area contributed by atoms with E-state index in [1.165, 1.54) is 5.56 Å². The summed E-state index contributed by atoms with van der Waals surface area (Å²) in [5, 5.41) is 22.3. The van der Waals surface area contributed by atoms with Crippen LogP contribution < -0.4 is 0 Å². The summed E-state index contributed by atoms with van der Waals surface area (Å²) in [6, 6.07) is 10.6. The van der Waals surface area contributed by atoms with Crippen molar-refractivity contribution in [2.24, 2.45) is 5.92 Å². The van der Waals surface area contributed by atoms with Crippen LogP contribution in [0.25, 0.3) is 5.69 Å². The Morgan fingerprint density at radius 2 is 2.00 bits per heavy atom. The number of aryl methyl sites for hydroxylation is 1. The van der Waals surface area contributed by atoms with Gasteiger partial charge in [0.25, 0.3) is 0 Å². The van der Waals surface area contributed by atoms with Gasteiger partial charge in [-0.1, -0.05) is 26.0 Å². The van der Waals surface area contributed by atoms with Gasteiger partial charge in [-0.3, -0.25) is 10.00 Å². The van der Waals surface area contributed by atoms with E-state index in [0.29, 0.717) is 12.5 Å². The molecule has 28 heavy (non-hydrogen) atoms. The van der Waals surface area contributed by atoms with E-state index >= 15 is 0 Å². The third-order valence-corrected chi connectivity index (χ3v) is 5.58. The zero-order chi connectivity index (χ0) is 19.7. The molecular formula is C22H29N5O. The summed E-state index contributed by atoms with van der Waals surface area (Å²) in [5.41, 5.74) is 5.66. The van der Waals surface area contributed by atoms with E-state index in [-0.39, 0.29) is 12.0 Å². The van der Waals surface area contributed by atoms with Gasteiger partial charge in [-0.2, -0.15) is 10.2 Å². The van der Waals surface area contributed by atoms with Crippen molar-refractivity contribution in [3.05, 3.63) is 65.2 Å². The summed E-state index contributed by atoms with van der Waals surface area (Å²) in [4.78, 5) is 2.30. The first-order chi connectivity index (χ1) is 13.5. The van der Waals surface area contributed by atoms with E-state index in [4.69, 9.17) is 0 Å². The first-order valence-electron chi connectivity index (χ1n) is 10.0. The number of likely N-dealkylation sites (tertiary alicyclic amines) is 1. The predicted molar refractivity (Wildman–Crippen MR) is 109 cm³/mol. The van der Waals surface area contributed by atoms with E-state index in [1.54, 1.807) is 0 Å². The van der Waals surface area contributed by atoms with Gasteiger partial charge in [-0.15, -0.1) is 0 Å². The maximum absolute atomic E-state index is 10.5. The highest BCUT2D eigenvalue weighted by atomic mass is 16.3. The number of aromatic amines is 1. The Morgan fingerprint density at radius 1 is 1.21 bits per heavy atom. The van der Waals surface area contributed by atoms with Crippen LogP contribution in [-0.2, 0) is 13.0 Å². The Labute approximate surface area is 166 Å². The average molecular weight is 380 g/mol. The number of hydrogen-bond donors (Lipinski definition) is 2. The zero-order valence-corrected chi connectivity index (χ0v) is 16.8. The Bertz CT molecular complexity index is 911. The van der Waals surface area contributed by atoms with Crippen LogP contribution in [0.4, 0.5) is 0 Å². The van der Waals surface area contributed by atoms with Gasteiger partial charge in [-0.05, 0) is 43.0 Å². The lowest BCUT2D eigenvalue weighted by molar-refractivity contribution is 0.140. The molecule has 2 aromatic heterocycles. The molecule has 1 aromatic carbocycles. The van der Waals surface area contributed by atoms with Crippen molar-refractivity contribution in [1.82, 2.24) is 24.9 Å². The van der Waals surface area contributed by atoms with Crippen LogP contribution in [0.1, 0.15) is 42.3 Å².